The second-order valence-corrected chi connectivity index (χ2v) is 5.66. The van der Waals surface area contributed by atoms with Crippen molar-refractivity contribution in [3.05, 3.63) is 54.6 Å². The molecule has 140 valence electrons. The Balaban J connectivity index is 1.44. The Morgan fingerprint density at radius 1 is 1.00 bits per heavy atom. The van der Waals surface area contributed by atoms with Crippen LogP contribution in [0.2, 0.25) is 0 Å². The summed E-state index contributed by atoms with van der Waals surface area (Å²) in [6.45, 7) is 2.89. The van der Waals surface area contributed by atoms with Crippen LogP contribution in [-0.2, 0) is 4.79 Å². The van der Waals surface area contributed by atoms with Crippen LogP contribution in [0.4, 0.5) is 6.01 Å². The van der Waals surface area contributed by atoms with Gasteiger partial charge < -0.3 is 13.9 Å². The van der Waals surface area contributed by atoms with E-state index in [4.69, 9.17) is 13.9 Å². The molecule has 1 N–H and O–H groups in total. The van der Waals surface area contributed by atoms with Crippen LogP contribution in [0.25, 0.3) is 11.5 Å². The zero-order chi connectivity index (χ0) is 18.9. The third-order valence-electron chi connectivity index (χ3n) is 3.65. The lowest BCUT2D eigenvalue weighted by Crippen LogP contribution is -2.13. The largest absolute Gasteiger partial charge is 0.490 e. The fourth-order valence-electron chi connectivity index (χ4n) is 2.41. The highest BCUT2D eigenvalue weighted by Gasteiger charge is 2.11. The minimum atomic E-state index is -0.208. The zero-order valence-corrected chi connectivity index (χ0v) is 15.1. The van der Waals surface area contributed by atoms with E-state index in [0.717, 1.165) is 5.56 Å². The number of nitrogens with one attached hydrogen (secondary N) is 1. The molecule has 1 heterocycles. The summed E-state index contributed by atoms with van der Waals surface area (Å²) in [5.41, 5.74) is 0.798. The number of amides is 1. The first-order valence-electron chi connectivity index (χ1n) is 8.79. The molecular formula is C20H21N3O4. The number of hydrogen-bond acceptors (Lipinski definition) is 6. The Hall–Kier alpha value is -3.35. The summed E-state index contributed by atoms with van der Waals surface area (Å²) >= 11 is 0. The summed E-state index contributed by atoms with van der Waals surface area (Å²) in [7, 11) is 0. The monoisotopic (exact) mass is 367 g/mol. The van der Waals surface area contributed by atoms with Crippen molar-refractivity contribution in [1.29, 1.82) is 0 Å². The van der Waals surface area contributed by atoms with Crippen LogP contribution in [-0.4, -0.2) is 29.3 Å². The summed E-state index contributed by atoms with van der Waals surface area (Å²) < 4.78 is 16.7. The second kappa shape index (κ2) is 9.38. The van der Waals surface area contributed by atoms with E-state index in [1.807, 2.05) is 61.5 Å². The molecule has 0 aliphatic heterocycles. The van der Waals surface area contributed by atoms with Gasteiger partial charge in [0.2, 0.25) is 11.8 Å². The Labute approximate surface area is 157 Å². The fourth-order valence-corrected chi connectivity index (χ4v) is 2.41. The van der Waals surface area contributed by atoms with Crippen molar-refractivity contribution < 1.29 is 18.7 Å². The topological polar surface area (TPSA) is 86.5 Å². The molecule has 0 saturated heterocycles. The number of carbonyl (C=O) groups excluding carboxylic acids is 1. The molecular weight excluding hydrogens is 346 g/mol. The summed E-state index contributed by atoms with van der Waals surface area (Å²) in [5.74, 6) is 1.52. The Morgan fingerprint density at radius 3 is 2.44 bits per heavy atom. The van der Waals surface area contributed by atoms with E-state index in [-0.39, 0.29) is 18.3 Å². The maximum absolute atomic E-state index is 12.0. The lowest BCUT2D eigenvalue weighted by molar-refractivity contribution is -0.116. The Kier molecular flexibility index (Phi) is 6.40. The van der Waals surface area contributed by atoms with Crippen molar-refractivity contribution in [2.24, 2.45) is 0 Å². The average Bonchev–Trinajstić information content (AvgIpc) is 3.16. The van der Waals surface area contributed by atoms with Gasteiger partial charge in [0.15, 0.2) is 11.5 Å². The van der Waals surface area contributed by atoms with Crippen LogP contribution in [0.5, 0.6) is 11.5 Å². The van der Waals surface area contributed by atoms with Gasteiger partial charge in [-0.25, -0.2) is 0 Å². The number of hydrogen-bond donors (Lipinski definition) is 1. The predicted molar refractivity (Wildman–Crippen MR) is 101 cm³/mol. The molecule has 3 rings (SSSR count). The summed E-state index contributed by atoms with van der Waals surface area (Å²) in [5, 5.41) is 10.4. The van der Waals surface area contributed by atoms with Crippen molar-refractivity contribution in [1.82, 2.24) is 10.2 Å². The maximum Gasteiger partial charge on any atom is 0.322 e. The van der Waals surface area contributed by atoms with E-state index in [1.54, 1.807) is 0 Å². The SMILES string of the molecule is CCOc1ccccc1OCCCC(=O)Nc1nnc(-c2ccccc2)o1. The van der Waals surface area contributed by atoms with E-state index in [9.17, 15) is 4.79 Å². The molecule has 0 unspecified atom stereocenters. The molecule has 0 radical (unpaired) electrons. The van der Waals surface area contributed by atoms with Gasteiger partial charge in [-0.3, -0.25) is 10.1 Å². The van der Waals surface area contributed by atoms with Crippen LogP contribution >= 0.6 is 0 Å². The first-order chi connectivity index (χ1) is 13.3. The smallest absolute Gasteiger partial charge is 0.322 e. The number of aromatic nitrogens is 2. The first-order valence-corrected chi connectivity index (χ1v) is 8.79. The Bertz CT molecular complexity index is 864. The van der Waals surface area contributed by atoms with Crippen molar-refractivity contribution in [2.45, 2.75) is 19.8 Å². The molecule has 7 nitrogen and oxygen atoms in total. The van der Waals surface area contributed by atoms with Crippen molar-refractivity contribution in [2.75, 3.05) is 18.5 Å². The predicted octanol–water partition coefficient (Wildman–Crippen LogP) is 3.93. The molecule has 3 aromatic rings. The molecule has 0 bridgehead atoms. The number of anilines is 1. The zero-order valence-electron chi connectivity index (χ0n) is 15.1. The quantitative estimate of drug-likeness (QED) is 0.577. The first kappa shape index (κ1) is 18.4. The molecule has 0 aliphatic carbocycles. The molecule has 1 aromatic heterocycles. The molecule has 1 amide bonds. The number of nitrogens with zero attached hydrogens (tertiary/aromatic N) is 2. The molecule has 2 aromatic carbocycles. The summed E-state index contributed by atoms with van der Waals surface area (Å²) in [4.78, 5) is 12.0. The van der Waals surface area contributed by atoms with E-state index in [0.29, 0.717) is 37.0 Å². The Morgan fingerprint density at radius 2 is 1.70 bits per heavy atom. The molecule has 0 atom stereocenters. The number of ether oxygens (including phenoxy) is 2. The van der Waals surface area contributed by atoms with Crippen LogP contribution in [0, 0.1) is 0 Å². The van der Waals surface area contributed by atoms with Gasteiger partial charge in [0, 0.05) is 12.0 Å². The number of para-hydroxylation sites is 2. The maximum atomic E-state index is 12.0. The lowest BCUT2D eigenvalue weighted by atomic mass is 10.2. The van der Waals surface area contributed by atoms with Gasteiger partial charge >= 0.3 is 6.01 Å². The van der Waals surface area contributed by atoms with Gasteiger partial charge in [0.25, 0.3) is 0 Å². The standard InChI is InChI=1S/C20H21N3O4/c1-2-25-16-11-6-7-12-17(16)26-14-8-13-18(24)21-20-23-22-19(27-20)15-9-4-3-5-10-15/h3-7,9-12H,2,8,13-14H2,1H3,(H,21,23,24). The van der Waals surface area contributed by atoms with Crippen LogP contribution in [0.15, 0.2) is 59.0 Å². The van der Waals surface area contributed by atoms with Gasteiger partial charge in [0.05, 0.1) is 13.2 Å². The fraction of sp³-hybridized carbons (Fsp3) is 0.250. The summed E-state index contributed by atoms with van der Waals surface area (Å²) in [6, 6.07) is 16.9. The van der Waals surface area contributed by atoms with Gasteiger partial charge in [-0.05, 0) is 37.6 Å². The van der Waals surface area contributed by atoms with Gasteiger partial charge in [-0.2, -0.15) is 0 Å². The third-order valence-corrected chi connectivity index (χ3v) is 3.65. The average molecular weight is 367 g/mol. The highest BCUT2D eigenvalue weighted by Crippen LogP contribution is 2.26. The molecule has 7 heteroatoms. The van der Waals surface area contributed by atoms with Crippen molar-refractivity contribution in [3.8, 4) is 23.0 Å². The minimum Gasteiger partial charge on any atom is -0.490 e. The molecule has 0 saturated carbocycles. The number of benzene rings is 2. The van der Waals surface area contributed by atoms with E-state index in [1.165, 1.54) is 0 Å². The van der Waals surface area contributed by atoms with Gasteiger partial charge in [-0.15, -0.1) is 5.10 Å². The van der Waals surface area contributed by atoms with E-state index >= 15 is 0 Å². The second-order valence-electron chi connectivity index (χ2n) is 5.66. The third kappa shape index (κ3) is 5.31. The van der Waals surface area contributed by atoms with Crippen molar-refractivity contribution in [3.63, 3.8) is 0 Å². The van der Waals surface area contributed by atoms with E-state index in [2.05, 4.69) is 15.5 Å². The summed E-state index contributed by atoms with van der Waals surface area (Å²) in [6.07, 6.45) is 0.825. The van der Waals surface area contributed by atoms with Gasteiger partial charge in [0.1, 0.15) is 0 Å². The minimum absolute atomic E-state index is 0.0847. The van der Waals surface area contributed by atoms with Crippen LogP contribution in [0.1, 0.15) is 19.8 Å². The van der Waals surface area contributed by atoms with Crippen LogP contribution in [0.3, 0.4) is 0 Å². The van der Waals surface area contributed by atoms with E-state index < -0.39 is 0 Å². The normalized spacial score (nSPS) is 10.4. The lowest BCUT2D eigenvalue weighted by Gasteiger charge is -2.11. The van der Waals surface area contributed by atoms with Crippen molar-refractivity contribution >= 4 is 11.9 Å². The molecule has 0 aliphatic rings. The molecule has 0 spiro atoms. The number of carbonyl (C=O) groups is 1. The van der Waals surface area contributed by atoms with Gasteiger partial charge in [-0.1, -0.05) is 35.4 Å². The highest BCUT2D eigenvalue weighted by molar-refractivity contribution is 5.88. The highest BCUT2D eigenvalue weighted by atomic mass is 16.5. The van der Waals surface area contributed by atoms with Crippen LogP contribution < -0.4 is 14.8 Å². The molecule has 0 fully saturated rings. The number of rotatable bonds is 9. The molecule has 27 heavy (non-hydrogen) atoms.